The van der Waals surface area contributed by atoms with E-state index in [1.165, 1.54) is 12.1 Å². The number of nitriles is 1. The third-order valence-corrected chi connectivity index (χ3v) is 0.388. The Balaban J connectivity index is 3.61. The maximum Gasteiger partial charge on any atom is 0.190 e. The Morgan fingerprint density at radius 1 is 2.00 bits per heavy atom. The average molecular weight is 83.1 g/mol. The van der Waals surface area contributed by atoms with Crippen LogP contribution in [0.4, 0.5) is 0 Å². The zero-order valence-corrected chi connectivity index (χ0v) is 3.47. The Morgan fingerprint density at radius 2 is 2.50 bits per heavy atom. The molecule has 0 radical (unpaired) electrons. The zero-order chi connectivity index (χ0) is 4.99. The summed E-state index contributed by atoms with van der Waals surface area (Å²) >= 11 is 0. The lowest BCUT2D eigenvalue weighted by Gasteiger charge is -1.71. The molecule has 0 unspecified atom stereocenters. The van der Waals surface area contributed by atoms with E-state index < -0.39 is 0 Å². The highest BCUT2D eigenvalue weighted by Crippen LogP contribution is 1.77. The van der Waals surface area contributed by atoms with Crippen molar-refractivity contribution in [2.45, 2.75) is 6.92 Å². The Morgan fingerprint density at radius 3 is 2.50 bits per heavy atom. The molecule has 0 aromatic heterocycles. The number of allylic oxidation sites excluding steroid dienone is 2. The van der Waals surface area contributed by atoms with Gasteiger partial charge in [-0.1, -0.05) is 0 Å². The van der Waals surface area contributed by atoms with Crippen molar-refractivity contribution in [3.63, 3.8) is 0 Å². The topological polar surface area (TPSA) is 44.0 Å². The fourth-order valence-corrected chi connectivity index (χ4v) is 0.0645. The molecule has 1 N–H and O–H groups in total. The Labute approximate surface area is 36.3 Å². The standard InChI is InChI=1S/C4H5NO/c1-2-4(6)3-5/h2,6H,1H3/b4-2-. The minimum atomic E-state index is -0.227. The van der Waals surface area contributed by atoms with Gasteiger partial charge in [0.05, 0.1) is 0 Å². The van der Waals surface area contributed by atoms with E-state index in [4.69, 9.17) is 10.4 Å². The van der Waals surface area contributed by atoms with E-state index in [1.54, 1.807) is 6.92 Å². The maximum atomic E-state index is 8.17. The summed E-state index contributed by atoms with van der Waals surface area (Å²) in [5, 5.41) is 15.9. The highest BCUT2D eigenvalue weighted by molar-refractivity contribution is 5.08. The molecule has 0 aliphatic heterocycles. The molecule has 2 nitrogen and oxygen atoms in total. The lowest BCUT2D eigenvalue weighted by atomic mass is 10.5. The van der Waals surface area contributed by atoms with Crippen molar-refractivity contribution in [1.82, 2.24) is 0 Å². The first-order chi connectivity index (χ1) is 2.81. The average Bonchev–Trinajstić information content (AvgIpc) is 1.65. The van der Waals surface area contributed by atoms with E-state index in [-0.39, 0.29) is 5.76 Å². The number of aliphatic hydroxyl groups excluding tert-OH is 1. The first kappa shape index (κ1) is 5.03. The molecule has 0 rings (SSSR count). The van der Waals surface area contributed by atoms with E-state index in [2.05, 4.69) is 0 Å². The van der Waals surface area contributed by atoms with Gasteiger partial charge in [0.2, 0.25) is 0 Å². The van der Waals surface area contributed by atoms with E-state index in [0.29, 0.717) is 0 Å². The van der Waals surface area contributed by atoms with Crippen LogP contribution < -0.4 is 0 Å². The second kappa shape index (κ2) is 2.28. The van der Waals surface area contributed by atoms with Crippen LogP contribution in [0.25, 0.3) is 0 Å². The normalized spacial score (nSPS) is 10.3. The minimum Gasteiger partial charge on any atom is -0.500 e. The summed E-state index contributed by atoms with van der Waals surface area (Å²) in [6, 6.07) is 1.53. The minimum absolute atomic E-state index is 0.227. The molecule has 0 aliphatic carbocycles. The first-order valence-electron chi connectivity index (χ1n) is 1.56. The molecule has 0 aromatic carbocycles. The quantitative estimate of drug-likeness (QED) is 0.269. The Hall–Kier alpha value is -0.970. The molecule has 0 bridgehead atoms. The van der Waals surface area contributed by atoms with Crippen LogP contribution in [0.2, 0.25) is 0 Å². The van der Waals surface area contributed by atoms with E-state index in [9.17, 15) is 0 Å². The molecule has 0 amide bonds. The largest absolute Gasteiger partial charge is 0.500 e. The zero-order valence-electron chi connectivity index (χ0n) is 3.47. The molecule has 0 aromatic rings. The van der Waals surface area contributed by atoms with E-state index >= 15 is 0 Å². The highest BCUT2D eigenvalue weighted by atomic mass is 16.3. The summed E-state index contributed by atoms with van der Waals surface area (Å²) in [7, 11) is 0. The summed E-state index contributed by atoms with van der Waals surface area (Å²) in [5.41, 5.74) is 0. The van der Waals surface area contributed by atoms with Crippen LogP contribution >= 0.6 is 0 Å². The molecule has 0 saturated carbocycles. The van der Waals surface area contributed by atoms with Crippen LogP contribution in [0.1, 0.15) is 6.92 Å². The second-order valence-electron chi connectivity index (χ2n) is 0.786. The third kappa shape index (κ3) is 1.36. The SMILES string of the molecule is C/C=C(\O)C#N. The summed E-state index contributed by atoms with van der Waals surface area (Å²) in [6.45, 7) is 1.60. The van der Waals surface area contributed by atoms with Gasteiger partial charge in [0.1, 0.15) is 6.07 Å². The van der Waals surface area contributed by atoms with Gasteiger partial charge in [0, 0.05) is 0 Å². The van der Waals surface area contributed by atoms with Crippen LogP contribution in [0.15, 0.2) is 11.8 Å². The van der Waals surface area contributed by atoms with Gasteiger partial charge in [-0.05, 0) is 13.0 Å². The van der Waals surface area contributed by atoms with Crippen molar-refractivity contribution in [3.05, 3.63) is 11.8 Å². The molecule has 6 heavy (non-hydrogen) atoms. The molecule has 0 atom stereocenters. The van der Waals surface area contributed by atoms with Crippen molar-refractivity contribution >= 4 is 0 Å². The summed E-state index contributed by atoms with van der Waals surface area (Å²) in [4.78, 5) is 0. The lowest BCUT2D eigenvalue weighted by molar-refractivity contribution is 0.435. The van der Waals surface area contributed by atoms with Gasteiger partial charge in [-0.15, -0.1) is 0 Å². The van der Waals surface area contributed by atoms with E-state index in [0.717, 1.165) is 0 Å². The molecule has 32 valence electrons. The second-order valence-corrected chi connectivity index (χ2v) is 0.786. The van der Waals surface area contributed by atoms with Crippen molar-refractivity contribution in [2.24, 2.45) is 0 Å². The third-order valence-electron chi connectivity index (χ3n) is 0.388. The first-order valence-corrected chi connectivity index (χ1v) is 1.56. The smallest absolute Gasteiger partial charge is 0.190 e. The van der Waals surface area contributed by atoms with Crippen LogP contribution in [0.3, 0.4) is 0 Å². The van der Waals surface area contributed by atoms with Gasteiger partial charge in [-0.3, -0.25) is 0 Å². The molecule has 0 aliphatic rings. The van der Waals surface area contributed by atoms with Gasteiger partial charge >= 0.3 is 0 Å². The van der Waals surface area contributed by atoms with Crippen molar-refractivity contribution in [1.29, 1.82) is 5.26 Å². The fraction of sp³-hybridized carbons (Fsp3) is 0.250. The summed E-state index contributed by atoms with van der Waals surface area (Å²) in [5.74, 6) is -0.227. The molecule has 0 heterocycles. The fourth-order valence-electron chi connectivity index (χ4n) is 0.0645. The number of hydrogen-bond acceptors (Lipinski definition) is 2. The van der Waals surface area contributed by atoms with Gasteiger partial charge in [-0.25, -0.2) is 0 Å². The van der Waals surface area contributed by atoms with Gasteiger partial charge < -0.3 is 5.11 Å². The van der Waals surface area contributed by atoms with Gasteiger partial charge in [0.15, 0.2) is 5.76 Å². The number of aliphatic hydroxyl groups is 1. The van der Waals surface area contributed by atoms with Crippen LogP contribution in [0, 0.1) is 11.3 Å². The monoisotopic (exact) mass is 83.0 g/mol. The van der Waals surface area contributed by atoms with Crippen LogP contribution in [0.5, 0.6) is 0 Å². The number of nitrogens with zero attached hydrogens (tertiary/aromatic N) is 1. The van der Waals surface area contributed by atoms with Crippen molar-refractivity contribution in [3.8, 4) is 6.07 Å². The molecule has 0 spiro atoms. The van der Waals surface area contributed by atoms with Gasteiger partial charge in [-0.2, -0.15) is 5.26 Å². The highest BCUT2D eigenvalue weighted by Gasteiger charge is 1.75. The van der Waals surface area contributed by atoms with Crippen LogP contribution in [-0.4, -0.2) is 5.11 Å². The Kier molecular flexibility index (Phi) is 1.91. The summed E-state index contributed by atoms with van der Waals surface area (Å²) in [6.07, 6.45) is 1.33. The summed E-state index contributed by atoms with van der Waals surface area (Å²) < 4.78 is 0. The van der Waals surface area contributed by atoms with E-state index in [1.807, 2.05) is 0 Å². The Bertz CT molecular complexity index is 98.6. The van der Waals surface area contributed by atoms with Crippen molar-refractivity contribution in [2.75, 3.05) is 0 Å². The number of hydrogen-bond donors (Lipinski definition) is 1. The molecular formula is C4H5NO. The van der Waals surface area contributed by atoms with Crippen LogP contribution in [-0.2, 0) is 0 Å². The molecular weight excluding hydrogens is 78.1 g/mol. The van der Waals surface area contributed by atoms with Crippen molar-refractivity contribution < 1.29 is 5.11 Å². The number of rotatable bonds is 0. The maximum absolute atomic E-state index is 8.17. The lowest BCUT2D eigenvalue weighted by Crippen LogP contribution is -1.66. The molecule has 2 heteroatoms. The molecule has 0 fully saturated rings. The predicted molar refractivity (Wildman–Crippen MR) is 22.0 cm³/mol. The predicted octanol–water partition coefficient (Wildman–Crippen LogP) is 0.972. The molecule has 0 saturated heterocycles. The van der Waals surface area contributed by atoms with Gasteiger partial charge in [0.25, 0.3) is 0 Å².